The Bertz CT molecular complexity index is 396. The first-order valence-electron chi connectivity index (χ1n) is 5.87. The van der Waals surface area contributed by atoms with Crippen molar-refractivity contribution in [1.82, 2.24) is 9.78 Å². The fourth-order valence-corrected chi connectivity index (χ4v) is 1.72. The van der Waals surface area contributed by atoms with E-state index in [2.05, 4.69) is 16.8 Å². The fourth-order valence-electron chi connectivity index (χ4n) is 1.72. The Hall–Kier alpha value is -1.36. The molecule has 1 rings (SSSR count). The maximum atomic E-state index is 11.5. The van der Waals surface area contributed by atoms with E-state index in [4.69, 9.17) is 5.73 Å². The lowest BCUT2D eigenvalue weighted by atomic mass is 10.0. The second-order valence-electron chi connectivity index (χ2n) is 4.40. The number of aromatic nitrogens is 2. The minimum atomic E-state index is -1.05. The lowest BCUT2D eigenvalue weighted by Gasteiger charge is -2.22. The molecule has 1 atom stereocenters. The molecule has 17 heavy (non-hydrogen) atoms. The number of methoxy groups -OCH3 is 1. The molecule has 0 aliphatic rings. The van der Waals surface area contributed by atoms with Gasteiger partial charge in [-0.2, -0.15) is 5.10 Å². The lowest BCUT2D eigenvalue weighted by Crippen LogP contribution is -2.49. The summed E-state index contributed by atoms with van der Waals surface area (Å²) in [5.41, 5.74) is 7.00. The molecular formula is C12H21N3O2. The third-order valence-electron chi connectivity index (χ3n) is 2.77. The molecule has 0 fully saturated rings. The van der Waals surface area contributed by atoms with Crippen LogP contribution in [0.25, 0.3) is 0 Å². The standard InChI is InChI=1S/C12H21N3O2/c1-5-9-7-10(6-2)15(14-9)8-12(3,13)11(16)17-4/h7H,5-6,8,13H2,1-4H3. The van der Waals surface area contributed by atoms with Gasteiger partial charge < -0.3 is 10.5 Å². The highest BCUT2D eigenvalue weighted by molar-refractivity contribution is 5.79. The largest absolute Gasteiger partial charge is 0.468 e. The van der Waals surface area contributed by atoms with Crippen LogP contribution in [0.2, 0.25) is 0 Å². The molecule has 0 spiro atoms. The molecule has 2 N–H and O–H groups in total. The van der Waals surface area contributed by atoms with Gasteiger partial charge in [0.05, 0.1) is 19.3 Å². The topological polar surface area (TPSA) is 70.1 Å². The van der Waals surface area contributed by atoms with Gasteiger partial charge >= 0.3 is 5.97 Å². The van der Waals surface area contributed by atoms with E-state index in [1.807, 2.05) is 13.0 Å². The third-order valence-corrected chi connectivity index (χ3v) is 2.77. The quantitative estimate of drug-likeness (QED) is 0.775. The van der Waals surface area contributed by atoms with Crippen LogP contribution in [0.15, 0.2) is 6.07 Å². The molecule has 1 heterocycles. The van der Waals surface area contributed by atoms with Gasteiger partial charge in [-0.05, 0) is 25.8 Å². The number of nitrogens with two attached hydrogens (primary N) is 1. The number of hydrogen-bond acceptors (Lipinski definition) is 4. The average Bonchev–Trinajstić information content (AvgIpc) is 2.69. The van der Waals surface area contributed by atoms with Crippen LogP contribution in [0.3, 0.4) is 0 Å². The SMILES string of the molecule is CCc1cc(CC)n(CC(C)(N)C(=O)OC)n1. The Morgan fingerprint density at radius 3 is 2.65 bits per heavy atom. The number of carbonyl (C=O) groups excluding carboxylic acids is 1. The van der Waals surface area contributed by atoms with Gasteiger partial charge in [0.15, 0.2) is 0 Å². The van der Waals surface area contributed by atoms with E-state index in [1.54, 1.807) is 11.6 Å². The highest BCUT2D eigenvalue weighted by Crippen LogP contribution is 2.12. The summed E-state index contributed by atoms with van der Waals surface area (Å²) in [6, 6.07) is 2.05. The van der Waals surface area contributed by atoms with Crippen molar-refractivity contribution in [3.05, 3.63) is 17.5 Å². The first-order valence-corrected chi connectivity index (χ1v) is 5.87. The van der Waals surface area contributed by atoms with Crippen LogP contribution < -0.4 is 5.73 Å². The zero-order valence-corrected chi connectivity index (χ0v) is 11.0. The van der Waals surface area contributed by atoms with Crippen LogP contribution in [0, 0.1) is 0 Å². The molecule has 96 valence electrons. The van der Waals surface area contributed by atoms with E-state index >= 15 is 0 Å². The zero-order valence-electron chi connectivity index (χ0n) is 11.0. The van der Waals surface area contributed by atoms with Gasteiger partial charge in [-0.1, -0.05) is 13.8 Å². The molecule has 0 radical (unpaired) electrons. The van der Waals surface area contributed by atoms with Crippen molar-refractivity contribution in [3.8, 4) is 0 Å². The minimum absolute atomic E-state index is 0.336. The van der Waals surface area contributed by atoms with Gasteiger partial charge in [0.2, 0.25) is 0 Å². The summed E-state index contributed by atoms with van der Waals surface area (Å²) in [6.45, 7) is 6.10. The van der Waals surface area contributed by atoms with Crippen LogP contribution in [0.5, 0.6) is 0 Å². The molecule has 1 aromatic rings. The number of aryl methyl sites for hydroxylation is 2. The third kappa shape index (κ3) is 3.06. The van der Waals surface area contributed by atoms with Crippen LogP contribution in [0.4, 0.5) is 0 Å². The van der Waals surface area contributed by atoms with E-state index in [1.165, 1.54) is 7.11 Å². The lowest BCUT2D eigenvalue weighted by molar-refractivity contribution is -0.147. The van der Waals surface area contributed by atoms with Crippen molar-refractivity contribution >= 4 is 5.97 Å². The second kappa shape index (κ2) is 5.31. The molecule has 0 saturated heterocycles. The molecule has 0 aromatic carbocycles. The smallest absolute Gasteiger partial charge is 0.327 e. The number of carbonyl (C=O) groups is 1. The Morgan fingerprint density at radius 2 is 2.18 bits per heavy atom. The maximum absolute atomic E-state index is 11.5. The minimum Gasteiger partial charge on any atom is -0.468 e. The zero-order chi connectivity index (χ0) is 13.1. The molecule has 0 aliphatic carbocycles. The van der Waals surface area contributed by atoms with Gasteiger partial charge in [-0.3, -0.25) is 9.48 Å². The predicted molar refractivity (Wildman–Crippen MR) is 65.6 cm³/mol. The van der Waals surface area contributed by atoms with Crippen LogP contribution >= 0.6 is 0 Å². The monoisotopic (exact) mass is 239 g/mol. The number of ether oxygens (including phenoxy) is 1. The van der Waals surface area contributed by atoms with E-state index < -0.39 is 11.5 Å². The molecule has 1 aromatic heterocycles. The molecule has 0 saturated carbocycles. The summed E-state index contributed by atoms with van der Waals surface area (Å²) in [7, 11) is 1.34. The van der Waals surface area contributed by atoms with E-state index in [-0.39, 0.29) is 0 Å². The van der Waals surface area contributed by atoms with Crippen molar-refractivity contribution in [2.75, 3.05) is 7.11 Å². The van der Waals surface area contributed by atoms with E-state index in [0.29, 0.717) is 6.54 Å². The van der Waals surface area contributed by atoms with Crippen LogP contribution in [-0.4, -0.2) is 28.4 Å². The van der Waals surface area contributed by atoms with Gasteiger partial charge in [-0.25, -0.2) is 0 Å². The van der Waals surface area contributed by atoms with E-state index in [9.17, 15) is 4.79 Å². The first kappa shape index (κ1) is 13.7. The first-order chi connectivity index (χ1) is 7.94. The Labute approximate surface area is 102 Å². The van der Waals surface area contributed by atoms with Crippen molar-refractivity contribution < 1.29 is 9.53 Å². The predicted octanol–water partition coefficient (Wildman–Crippen LogP) is 0.898. The fraction of sp³-hybridized carbons (Fsp3) is 0.667. The van der Waals surface area contributed by atoms with Gasteiger partial charge in [-0.15, -0.1) is 0 Å². The Kier molecular flexibility index (Phi) is 4.28. The summed E-state index contributed by atoms with van der Waals surface area (Å²) in [5.74, 6) is -0.423. The van der Waals surface area contributed by atoms with Crippen LogP contribution in [0.1, 0.15) is 32.2 Å². The summed E-state index contributed by atoms with van der Waals surface area (Å²) in [6.07, 6.45) is 1.74. The summed E-state index contributed by atoms with van der Waals surface area (Å²) in [4.78, 5) is 11.5. The van der Waals surface area contributed by atoms with Crippen molar-refractivity contribution in [2.45, 2.75) is 45.7 Å². The van der Waals surface area contributed by atoms with Crippen molar-refractivity contribution in [1.29, 1.82) is 0 Å². The number of hydrogen-bond donors (Lipinski definition) is 1. The highest BCUT2D eigenvalue weighted by Gasteiger charge is 2.31. The number of nitrogens with zero attached hydrogens (tertiary/aromatic N) is 2. The highest BCUT2D eigenvalue weighted by atomic mass is 16.5. The van der Waals surface area contributed by atoms with Crippen molar-refractivity contribution in [2.24, 2.45) is 5.73 Å². The molecule has 5 heteroatoms. The average molecular weight is 239 g/mol. The molecule has 1 unspecified atom stereocenters. The van der Waals surface area contributed by atoms with Gasteiger partial charge in [0.25, 0.3) is 0 Å². The van der Waals surface area contributed by atoms with Gasteiger partial charge in [0, 0.05) is 5.69 Å². The molecule has 0 bridgehead atoms. The van der Waals surface area contributed by atoms with Crippen molar-refractivity contribution in [3.63, 3.8) is 0 Å². The second-order valence-corrected chi connectivity index (χ2v) is 4.40. The van der Waals surface area contributed by atoms with E-state index in [0.717, 1.165) is 24.2 Å². The summed E-state index contributed by atoms with van der Waals surface area (Å²) >= 11 is 0. The summed E-state index contributed by atoms with van der Waals surface area (Å²) in [5, 5.41) is 4.43. The molecular weight excluding hydrogens is 218 g/mol. The Balaban J connectivity index is 2.93. The normalized spacial score (nSPS) is 14.4. The maximum Gasteiger partial charge on any atom is 0.327 e. The summed E-state index contributed by atoms with van der Waals surface area (Å²) < 4.78 is 6.49. The van der Waals surface area contributed by atoms with Crippen LogP contribution in [-0.2, 0) is 28.9 Å². The Morgan fingerprint density at radius 1 is 1.53 bits per heavy atom. The number of esters is 1. The van der Waals surface area contributed by atoms with Gasteiger partial charge in [0.1, 0.15) is 5.54 Å². The molecule has 5 nitrogen and oxygen atoms in total. The number of rotatable bonds is 5. The molecule has 0 aliphatic heterocycles. The molecule has 0 amide bonds.